The molecule has 0 aliphatic heterocycles. The van der Waals surface area contributed by atoms with Crippen molar-refractivity contribution in [3.63, 3.8) is 0 Å². The molecule has 0 unspecified atom stereocenters. The number of nitrogens with two attached hydrogens (primary N) is 1. The van der Waals surface area contributed by atoms with Gasteiger partial charge in [0.15, 0.2) is 0 Å². The molecule has 1 amide bonds. The normalized spacial score (nSPS) is 10.2. The van der Waals surface area contributed by atoms with Crippen molar-refractivity contribution in [3.8, 4) is 0 Å². The van der Waals surface area contributed by atoms with E-state index in [0.29, 0.717) is 13.0 Å². The van der Waals surface area contributed by atoms with Crippen molar-refractivity contribution in [1.29, 1.82) is 0 Å². The maximum Gasteiger partial charge on any atom is 0.268 e. The average molecular weight is 253 g/mol. The highest BCUT2D eigenvalue weighted by Gasteiger charge is 2.04. The van der Waals surface area contributed by atoms with E-state index in [-0.39, 0.29) is 17.9 Å². The Bertz CT molecular complexity index is 457. The number of carbonyl (C=O) groups is 1. The minimum absolute atomic E-state index is 0.166. The van der Waals surface area contributed by atoms with Gasteiger partial charge in [-0.15, -0.1) is 0 Å². The molecule has 0 fully saturated rings. The summed E-state index contributed by atoms with van der Waals surface area (Å²) in [5.41, 5.74) is 2.67. The van der Waals surface area contributed by atoms with E-state index in [1.54, 1.807) is 12.3 Å². The molecular formula is C11H19N5O2. The van der Waals surface area contributed by atoms with Gasteiger partial charge in [0.2, 0.25) is 5.91 Å². The summed E-state index contributed by atoms with van der Waals surface area (Å²) in [6.45, 7) is 3.21. The van der Waals surface area contributed by atoms with Crippen LogP contribution < -0.4 is 21.7 Å². The molecular weight excluding hydrogens is 234 g/mol. The zero-order valence-corrected chi connectivity index (χ0v) is 10.7. The highest BCUT2D eigenvalue weighted by Crippen LogP contribution is 2.05. The van der Waals surface area contributed by atoms with Crippen LogP contribution >= 0.6 is 0 Å². The van der Waals surface area contributed by atoms with E-state index in [4.69, 9.17) is 5.84 Å². The second-order valence-corrected chi connectivity index (χ2v) is 3.96. The van der Waals surface area contributed by atoms with Gasteiger partial charge in [-0.2, -0.15) is 5.10 Å². The van der Waals surface area contributed by atoms with Crippen LogP contribution in [0.1, 0.15) is 19.8 Å². The molecule has 7 heteroatoms. The highest BCUT2D eigenvalue weighted by atomic mass is 16.2. The van der Waals surface area contributed by atoms with Gasteiger partial charge >= 0.3 is 0 Å². The molecule has 0 saturated carbocycles. The molecule has 1 rings (SSSR count). The van der Waals surface area contributed by atoms with Crippen molar-refractivity contribution in [2.75, 3.05) is 18.5 Å². The van der Waals surface area contributed by atoms with Gasteiger partial charge in [0, 0.05) is 32.6 Å². The number of anilines is 1. The van der Waals surface area contributed by atoms with Gasteiger partial charge < -0.3 is 4.90 Å². The predicted molar refractivity (Wildman–Crippen MR) is 69.0 cm³/mol. The van der Waals surface area contributed by atoms with E-state index >= 15 is 0 Å². The Hall–Kier alpha value is -1.89. The fraction of sp³-hybridized carbons (Fsp3) is 0.545. The maximum atomic E-state index is 11.8. The predicted octanol–water partition coefficient (Wildman–Crippen LogP) is -0.530. The van der Waals surface area contributed by atoms with Gasteiger partial charge in [0.1, 0.15) is 0 Å². The first-order valence-electron chi connectivity index (χ1n) is 5.86. The number of aromatic nitrogens is 2. The van der Waals surface area contributed by atoms with Crippen molar-refractivity contribution in [2.24, 2.45) is 5.84 Å². The number of nitrogens with one attached hydrogen (secondary N) is 1. The summed E-state index contributed by atoms with van der Waals surface area (Å²) >= 11 is 0. The Labute approximate surface area is 106 Å². The number of aryl methyl sites for hydroxylation is 1. The van der Waals surface area contributed by atoms with Gasteiger partial charge in [-0.3, -0.25) is 15.0 Å². The van der Waals surface area contributed by atoms with Gasteiger partial charge in [-0.1, -0.05) is 0 Å². The summed E-state index contributed by atoms with van der Waals surface area (Å²) in [5.74, 6) is 4.72. The molecule has 3 N–H and O–H groups in total. The molecule has 0 saturated heterocycles. The largest absolute Gasteiger partial charge is 0.373 e. The van der Waals surface area contributed by atoms with Crippen molar-refractivity contribution in [2.45, 2.75) is 26.3 Å². The first kappa shape index (κ1) is 14.2. The lowest BCUT2D eigenvalue weighted by molar-refractivity contribution is -0.121. The van der Waals surface area contributed by atoms with E-state index < -0.39 is 0 Å². The third kappa shape index (κ3) is 3.85. The fourth-order valence-electron chi connectivity index (χ4n) is 1.44. The van der Waals surface area contributed by atoms with Gasteiger partial charge in [-0.05, 0) is 13.3 Å². The molecule has 7 nitrogen and oxygen atoms in total. The lowest BCUT2D eigenvalue weighted by Gasteiger charge is -2.16. The monoisotopic (exact) mass is 253 g/mol. The third-order valence-electron chi connectivity index (χ3n) is 2.71. The quantitative estimate of drug-likeness (QED) is 0.404. The Morgan fingerprint density at radius 3 is 2.89 bits per heavy atom. The third-order valence-corrected chi connectivity index (χ3v) is 2.71. The van der Waals surface area contributed by atoms with Crippen LogP contribution in [0.3, 0.4) is 0 Å². The Kier molecular flexibility index (Phi) is 5.31. The van der Waals surface area contributed by atoms with Crippen molar-refractivity contribution in [3.05, 3.63) is 22.6 Å². The maximum absolute atomic E-state index is 11.8. The van der Waals surface area contributed by atoms with Crippen LogP contribution in [0.15, 0.2) is 17.1 Å². The van der Waals surface area contributed by atoms with Crippen LogP contribution in [0.2, 0.25) is 0 Å². The van der Waals surface area contributed by atoms with Crippen LogP contribution in [-0.4, -0.2) is 29.3 Å². The minimum Gasteiger partial charge on any atom is -0.373 e. The minimum atomic E-state index is -0.245. The van der Waals surface area contributed by atoms with E-state index in [1.807, 2.05) is 24.3 Å². The number of nitrogens with zero attached hydrogens (tertiary/aromatic N) is 3. The number of hydrogen-bond donors (Lipinski definition) is 2. The molecule has 0 aromatic carbocycles. The van der Waals surface area contributed by atoms with Crippen LogP contribution in [0.4, 0.5) is 5.69 Å². The first-order valence-corrected chi connectivity index (χ1v) is 5.86. The topological polar surface area (TPSA) is 93.2 Å². The molecule has 1 heterocycles. The molecule has 0 aliphatic carbocycles. The molecule has 0 aliphatic rings. The highest BCUT2D eigenvalue weighted by molar-refractivity contribution is 5.75. The van der Waals surface area contributed by atoms with E-state index in [0.717, 1.165) is 12.2 Å². The Morgan fingerprint density at radius 2 is 2.33 bits per heavy atom. The summed E-state index contributed by atoms with van der Waals surface area (Å²) in [4.78, 5) is 24.6. The summed E-state index contributed by atoms with van der Waals surface area (Å²) in [6.07, 6.45) is 2.45. The smallest absolute Gasteiger partial charge is 0.268 e. The van der Waals surface area contributed by atoms with Crippen LogP contribution in [0, 0.1) is 0 Å². The molecule has 0 atom stereocenters. The second-order valence-electron chi connectivity index (χ2n) is 3.96. The first-order chi connectivity index (χ1) is 8.58. The van der Waals surface area contributed by atoms with Gasteiger partial charge in [0.05, 0.1) is 11.9 Å². The molecule has 100 valence electrons. The number of amides is 1. The zero-order chi connectivity index (χ0) is 13.5. The standard InChI is InChI=1S/C11H19N5O2/c1-3-15(2)9-7-11(18)16(13-8-9)6-4-5-10(17)14-12/h7-8H,3-6,12H2,1-2H3,(H,14,17). The van der Waals surface area contributed by atoms with Crippen molar-refractivity contribution >= 4 is 11.6 Å². The molecule has 0 spiro atoms. The van der Waals surface area contributed by atoms with E-state index in [2.05, 4.69) is 5.10 Å². The Morgan fingerprint density at radius 1 is 1.61 bits per heavy atom. The van der Waals surface area contributed by atoms with Crippen LogP contribution in [-0.2, 0) is 11.3 Å². The molecule has 0 radical (unpaired) electrons. The lowest BCUT2D eigenvalue weighted by Crippen LogP contribution is -2.30. The summed E-state index contributed by atoms with van der Waals surface area (Å²) < 4.78 is 1.34. The fourth-order valence-corrected chi connectivity index (χ4v) is 1.44. The van der Waals surface area contributed by atoms with Crippen molar-refractivity contribution < 1.29 is 4.79 Å². The SMILES string of the molecule is CCN(C)c1cnn(CCCC(=O)NN)c(=O)c1. The average Bonchev–Trinajstić information content (AvgIpc) is 2.39. The van der Waals surface area contributed by atoms with E-state index in [1.165, 1.54) is 4.68 Å². The van der Waals surface area contributed by atoms with Crippen molar-refractivity contribution in [1.82, 2.24) is 15.2 Å². The number of rotatable bonds is 6. The number of hydrazine groups is 1. The summed E-state index contributed by atoms with van der Waals surface area (Å²) in [7, 11) is 1.90. The van der Waals surface area contributed by atoms with Crippen LogP contribution in [0.25, 0.3) is 0 Å². The molecule has 1 aromatic heterocycles. The lowest BCUT2D eigenvalue weighted by atomic mass is 10.3. The summed E-state index contributed by atoms with van der Waals surface area (Å²) in [5, 5.41) is 4.07. The zero-order valence-electron chi connectivity index (χ0n) is 10.7. The number of carbonyl (C=O) groups excluding carboxylic acids is 1. The van der Waals surface area contributed by atoms with Gasteiger partial charge in [0.25, 0.3) is 5.56 Å². The molecule has 18 heavy (non-hydrogen) atoms. The summed E-state index contributed by atoms with van der Waals surface area (Å²) in [6, 6.07) is 1.54. The molecule has 0 bridgehead atoms. The number of hydrogen-bond acceptors (Lipinski definition) is 5. The van der Waals surface area contributed by atoms with Crippen LogP contribution in [0.5, 0.6) is 0 Å². The second kappa shape index (κ2) is 6.75. The van der Waals surface area contributed by atoms with E-state index in [9.17, 15) is 9.59 Å². The van der Waals surface area contributed by atoms with Gasteiger partial charge in [-0.25, -0.2) is 10.5 Å². The molecule has 1 aromatic rings. The Balaban J connectivity index is 2.63.